The molecule has 1 aliphatic carbocycles. The van der Waals surface area contributed by atoms with Crippen LogP contribution in [0.1, 0.15) is 44.9 Å². The van der Waals surface area contributed by atoms with Crippen molar-refractivity contribution in [3.8, 4) is 0 Å². The number of hydrogen-bond acceptors (Lipinski definition) is 5. The topological polar surface area (TPSA) is 78.4 Å². The van der Waals surface area contributed by atoms with Gasteiger partial charge >= 0.3 is 0 Å². The number of anilines is 2. The molecule has 0 bridgehead atoms. The highest BCUT2D eigenvalue weighted by Gasteiger charge is 2.38. The van der Waals surface area contributed by atoms with Crippen molar-refractivity contribution in [1.29, 1.82) is 0 Å². The first-order valence-electron chi connectivity index (χ1n) is 9.37. The van der Waals surface area contributed by atoms with Gasteiger partial charge < -0.3 is 15.1 Å². The molecule has 25 heavy (non-hydrogen) atoms. The molecule has 3 aliphatic rings. The summed E-state index contributed by atoms with van der Waals surface area (Å²) in [6, 6.07) is 0.338. The Kier molecular flexibility index (Phi) is 4.55. The number of nitrogens with zero attached hydrogens (tertiary/aromatic N) is 4. The highest BCUT2D eigenvalue weighted by Crippen LogP contribution is 2.31. The van der Waals surface area contributed by atoms with Crippen LogP contribution in [0.15, 0.2) is 12.5 Å². The van der Waals surface area contributed by atoms with Gasteiger partial charge in [0.1, 0.15) is 12.0 Å². The van der Waals surface area contributed by atoms with Gasteiger partial charge in [-0.2, -0.15) is 0 Å². The van der Waals surface area contributed by atoms with Gasteiger partial charge in [0.15, 0.2) is 5.82 Å². The van der Waals surface area contributed by atoms with E-state index in [1.807, 2.05) is 4.90 Å². The molecule has 0 spiro atoms. The first-order valence-corrected chi connectivity index (χ1v) is 9.37. The molecule has 2 aliphatic heterocycles. The number of rotatable bonds is 4. The predicted octanol–water partition coefficient (Wildman–Crippen LogP) is 1.81. The molecule has 0 radical (unpaired) electrons. The minimum Gasteiger partial charge on any atom is -0.355 e. The van der Waals surface area contributed by atoms with Gasteiger partial charge in [-0.25, -0.2) is 9.97 Å². The number of nitrogens with one attached hydrogen (secondary N) is 1. The summed E-state index contributed by atoms with van der Waals surface area (Å²) < 4.78 is 0. The first kappa shape index (κ1) is 16.3. The van der Waals surface area contributed by atoms with E-state index >= 15 is 0 Å². The zero-order valence-corrected chi connectivity index (χ0v) is 14.5. The van der Waals surface area contributed by atoms with Crippen LogP contribution >= 0.6 is 0 Å². The molecule has 7 heteroatoms. The van der Waals surface area contributed by atoms with E-state index in [1.165, 1.54) is 19.2 Å². The van der Waals surface area contributed by atoms with Crippen molar-refractivity contribution < 1.29 is 9.59 Å². The molecule has 2 amide bonds. The molecule has 1 atom stereocenters. The van der Waals surface area contributed by atoms with E-state index in [0.29, 0.717) is 24.7 Å². The van der Waals surface area contributed by atoms with E-state index in [9.17, 15) is 9.59 Å². The monoisotopic (exact) mass is 343 g/mol. The van der Waals surface area contributed by atoms with Crippen LogP contribution in [0.4, 0.5) is 11.5 Å². The van der Waals surface area contributed by atoms with E-state index in [2.05, 4.69) is 20.2 Å². The molecular formula is C18H25N5O2. The van der Waals surface area contributed by atoms with E-state index in [0.717, 1.165) is 44.6 Å². The van der Waals surface area contributed by atoms with Gasteiger partial charge in [-0.1, -0.05) is 12.8 Å². The fourth-order valence-electron chi connectivity index (χ4n) is 4.30. The van der Waals surface area contributed by atoms with Crippen LogP contribution in [0.5, 0.6) is 0 Å². The third-order valence-electron chi connectivity index (χ3n) is 5.65. The third kappa shape index (κ3) is 3.32. The van der Waals surface area contributed by atoms with Gasteiger partial charge in [-0.3, -0.25) is 9.59 Å². The van der Waals surface area contributed by atoms with Crippen LogP contribution in [0.2, 0.25) is 0 Å². The molecular weight excluding hydrogens is 318 g/mol. The Morgan fingerprint density at radius 3 is 2.68 bits per heavy atom. The molecule has 1 unspecified atom stereocenters. The van der Waals surface area contributed by atoms with Crippen molar-refractivity contribution in [2.24, 2.45) is 5.92 Å². The van der Waals surface area contributed by atoms with Crippen molar-refractivity contribution in [1.82, 2.24) is 14.9 Å². The van der Waals surface area contributed by atoms with Crippen molar-refractivity contribution in [2.75, 3.05) is 29.9 Å². The quantitative estimate of drug-likeness (QED) is 0.902. The summed E-state index contributed by atoms with van der Waals surface area (Å²) in [6.07, 6.45) is 10.3. The highest BCUT2D eigenvalue weighted by molar-refractivity contribution is 5.98. The Labute approximate surface area is 147 Å². The Morgan fingerprint density at radius 1 is 1.16 bits per heavy atom. The van der Waals surface area contributed by atoms with Crippen LogP contribution in [0.25, 0.3) is 0 Å². The summed E-state index contributed by atoms with van der Waals surface area (Å²) in [7, 11) is 0. The highest BCUT2D eigenvalue weighted by atomic mass is 16.2. The normalized spacial score (nSPS) is 24.3. The van der Waals surface area contributed by atoms with Gasteiger partial charge in [0.05, 0.1) is 12.1 Å². The zero-order valence-electron chi connectivity index (χ0n) is 14.5. The maximum Gasteiger partial charge on any atom is 0.229 e. The van der Waals surface area contributed by atoms with E-state index in [4.69, 9.17) is 0 Å². The van der Waals surface area contributed by atoms with Crippen LogP contribution in [-0.4, -0.2) is 52.4 Å². The fourth-order valence-corrected chi connectivity index (χ4v) is 4.30. The molecule has 1 aromatic rings. The summed E-state index contributed by atoms with van der Waals surface area (Å²) in [6.45, 7) is 2.45. The fraction of sp³-hybridized carbons (Fsp3) is 0.667. The summed E-state index contributed by atoms with van der Waals surface area (Å²) in [5, 5.41) is 2.98. The second kappa shape index (κ2) is 6.98. The van der Waals surface area contributed by atoms with Gasteiger partial charge in [-0.15, -0.1) is 0 Å². The molecule has 3 fully saturated rings. The maximum atomic E-state index is 12.7. The number of aromatic nitrogens is 2. The lowest BCUT2D eigenvalue weighted by Gasteiger charge is -2.24. The van der Waals surface area contributed by atoms with Gasteiger partial charge in [0.2, 0.25) is 11.8 Å². The maximum absolute atomic E-state index is 12.7. The molecule has 1 N–H and O–H groups in total. The Balaban J connectivity index is 1.43. The summed E-state index contributed by atoms with van der Waals surface area (Å²) in [4.78, 5) is 37.6. The molecule has 4 rings (SSSR count). The Bertz CT molecular complexity index is 653. The number of carbonyl (C=O) groups is 2. The molecule has 1 saturated carbocycles. The lowest BCUT2D eigenvalue weighted by molar-refractivity contribution is -0.129. The Hall–Kier alpha value is -2.18. The number of amides is 2. The smallest absolute Gasteiger partial charge is 0.229 e. The van der Waals surface area contributed by atoms with Crippen LogP contribution in [-0.2, 0) is 9.59 Å². The van der Waals surface area contributed by atoms with Gasteiger partial charge in [0, 0.05) is 32.1 Å². The zero-order chi connectivity index (χ0) is 17.2. The lowest BCUT2D eigenvalue weighted by Crippen LogP contribution is -2.35. The second-order valence-electron chi connectivity index (χ2n) is 7.33. The minimum atomic E-state index is -0.278. The van der Waals surface area contributed by atoms with Crippen molar-refractivity contribution in [3.05, 3.63) is 12.5 Å². The average molecular weight is 343 g/mol. The van der Waals surface area contributed by atoms with Crippen molar-refractivity contribution in [3.63, 3.8) is 0 Å². The summed E-state index contributed by atoms with van der Waals surface area (Å²) in [5.74, 6) is 0.540. The average Bonchev–Trinajstić information content (AvgIpc) is 3.37. The van der Waals surface area contributed by atoms with Crippen LogP contribution < -0.4 is 10.2 Å². The van der Waals surface area contributed by atoms with E-state index in [1.54, 1.807) is 6.20 Å². The summed E-state index contributed by atoms with van der Waals surface area (Å²) >= 11 is 0. The van der Waals surface area contributed by atoms with E-state index < -0.39 is 0 Å². The molecule has 0 aromatic carbocycles. The van der Waals surface area contributed by atoms with Crippen LogP contribution in [0.3, 0.4) is 0 Å². The standard InChI is InChI=1S/C18H25N5O2/c24-16-9-13(11-23(16)14-5-1-2-6-14)18(25)21-15-10-19-12-20-17(15)22-7-3-4-8-22/h10,12-14H,1-9,11H2,(H,21,25). The van der Waals surface area contributed by atoms with Crippen molar-refractivity contribution >= 4 is 23.3 Å². The Morgan fingerprint density at radius 2 is 1.92 bits per heavy atom. The van der Waals surface area contributed by atoms with Gasteiger partial charge in [-0.05, 0) is 25.7 Å². The molecule has 2 saturated heterocycles. The largest absolute Gasteiger partial charge is 0.355 e. The number of carbonyl (C=O) groups excluding carboxylic acids is 2. The molecule has 7 nitrogen and oxygen atoms in total. The second-order valence-corrected chi connectivity index (χ2v) is 7.33. The van der Waals surface area contributed by atoms with Crippen LogP contribution in [0, 0.1) is 5.92 Å². The third-order valence-corrected chi connectivity index (χ3v) is 5.65. The molecule has 3 heterocycles. The first-order chi connectivity index (χ1) is 12.2. The van der Waals surface area contributed by atoms with E-state index in [-0.39, 0.29) is 17.7 Å². The predicted molar refractivity (Wildman–Crippen MR) is 94.2 cm³/mol. The minimum absolute atomic E-state index is 0.0934. The number of hydrogen-bond donors (Lipinski definition) is 1. The molecule has 134 valence electrons. The van der Waals surface area contributed by atoms with Gasteiger partial charge in [0.25, 0.3) is 0 Å². The molecule has 1 aromatic heterocycles. The van der Waals surface area contributed by atoms with Crippen molar-refractivity contribution in [2.45, 2.75) is 51.0 Å². The number of likely N-dealkylation sites (tertiary alicyclic amines) is 1. The SMILES string of the molecule is O=C(Nc1cncnc1N1CCCC1)C1CC(=O)N(C2CCCC2)C1. The summed E-state index contributed by atoms with van der Waals surface area (Å²) in [5.41, 5.74) is 0.654. The lowest BCUT2D eigenvalue weighted by atomic mass is 10.1.